The Balaban J connectivity index is 1.92. The summed E-state index contributed by atoms with van der Waals surface area (Å²) in [6.45, 7) is 2.58. The molecule has 4 heteroatoms. The van der Waals surface area contributed by atoms with E-state index in [0.29, 0.717) is 23.8 Å². The van der Waals surface area contributed by atoms with Crippen LogP contribution in [0.4, 0.5) is 5.69 Å². The Morgan fingerprint density at radius 1 is 1.41 bits per heavy atom. The molecule has 0 radical (unpaired) electrons. The van der Waals surface area contributed by atoms with Crippen molar-refractivity contribution in [2.75, 3.05) is 19.0 Å². The average molecular weight is 256 g/mol. The number of anilines is 1. The van der Waals surface area contributed by atoms with Crippen LogP contribution in [0.2, 0.25) is 5.02 Å². The molecule has 1 aromatic rings. The molecule has 1 aliphatic rings. The number of methoxy groups -OCH3 is 1. The summed E-state index contributed by atoms with van der Waals surface area (Å²) in [6.07, 6.45) is 2.52. The van der Waals surface area contributed by atoms with E-state index < -0.39 is 0 Å². The minimum Gasteiger partial charge on any atom is -0.492 e. The summed E-state index contributed by atoms with van der Waals surface area (Å²) in [7, 11) is 1.76. The van der Waals surface area contributed by atoms with E-state index in [4.69, 9.17) is 21.1 Å². The highest BCUT2D eigenvalue weighted by molar-refractivity contribution is 6.32. The largest absolute Gasteiger partial charge is 0.492 e. The van der Waals surface area contributed by atoms with Crippen molar-refractivity contribution in [3.8, 4) is 5.75 Å². The molecule has 1 aliphatic carbocycles. The van der Waals surface area contributed by atoms with Crippen LogP contribution in [-0.2, 0) is 4.74 Å². The second-order valence-electron chi connectivity index (χ2n) is 4.25. The molecule has 0 heterocycles. The van der Waals surface area contributed by atoms with Crippen LogP contribution in [0.1, 0.15) is 19.8 Å². The molecule has 0 atom stereocenters. The molecule has 0 unspecified atom stereocenters. The molecule has 0 saturated heterocycles. The van der Waals surface area contributed by atoms with E-state index in [0.717, 1.165) is 24.3 Å². The summed E-state index contributed by atoms with van der Waals surface area (Å²) >= 11 is 6.12. The molecule has 1 saturated carbocycles. The number of nitrogens with one attached hydrogen (secondary N) is 1. The Bertz CT molecular complexity index is 378. The van der Waals surface area contributed by atoms with Crippen LogP contribution in [0.25, 0.3) is 0 Å². The molecule has 0 spiro atoms. The van der Waals surface area contributed by atoms with Crippen LogP contribution in [-0.4, -0.2) is 25.9 Å². The van der Waals surface area contributed by atoms with E-state index in [1.165, 1.54) is 0 Å². The maximum absolute atomic E-state index is 6.12. The second-order valence-corrected chi connectivity index (χ2v) is 4.66. The first-order chi connectivity index (χ1) is 8.22. The molecular formula is C13H18ClNO2. The van der Waals surface area contributed by atoms with Crippen LogP contribution >= 0.6 is 11.6 Å². The SMILES string of the molecule is CCOc1ccc(NC2CC(OC)C2)cc1Cl. The number of halogens is 1. The van der Waals surface area contributed by atoms with Crippen molar-refractivity contribution in [2.45, 2.75) is 31.9 Å². The first kappa shape index (κ1) is 12.5. The van der Waals surface area contributed by atoms with Crippen molar-refractivity contribution in [2.24, 2.45) is 0 Å². The van der Waals surface area contributed by atoms with Crippen LogP contribution in [0.3, 0.4) is 0 Å². The molecule has 17 heavy (non-hydrogen) atoms. The lowest BCUT2D eigenvalue weighted by atomic mass is 9.89. The molecule has 0 bridgehead atoms. The lowest BCUT2D eigenvalue weighted by Gasteiger charge is -2.35. The lowest BCUT2D eigenvalue weighted by Crippen LogP contribution is -2.40. The van der Waals surface area contributed by atoms with Crippen LogP contribution in [0.5, 0.6) is 5.75 Å². The predicted molar refractivity (Wildman–Crippen MR) is 70.1 cm³/mol. The van der Waals surface area contributed by atoms with Crippen LogP contribution in [0, 0.1) is 0 Å². The van der Waals surface area contributed by atoms with Gasteiger partial charge in [0.05, 0.1) is 17.7 Å². The number of hydrogen-bond acceptors (Lipinski definition) is 3. The molecule has 1 N–H and O–H groups in total. The Hall–Kier alpha value is -0.930. The zero-order chi connectivity index (χ0) is 12.3. The summed E-state index contributed by atoms with van der Waals surface area (Å²) in [4.78, 5) is 0. The van der Waals surface area contributed by atoms with Gasteiger partial charge in [-0.2, -0.15) is 0 Å². The minimum absolute atomic E-state index is 0.408. The van der Waals surface area contributed by atoms with Gasteiger partial charge in [0.25, 0.3) is 0 Å². The minimum atomic E-state index is 0.408. The smallest absolute Gasteiger partial charge is 0.138 e. The van der Waals surface area contributed by atoms with Gasteiger partial charge < -0.3 is 14.8 Å². The first-order valence-corrected chi connectivity index (χ1v) is 6.32. The summed E-state index contributed by atoms with van der Waals surface area (Å²) in [5.41, 5.74) is 1.04. The maximum Gasteiger partial charge on any atom is 0.138 e. The van der Waals surface area contributed by atoms with E-state index in [2.05, 4.69) is 5.32 Å². The van der Waals surface area contributed by atoms with E-state index in [1.54, 1.807) is 7.11 Å². The molecule has 0 amide bonds. The Labute approximate surface area is 107 Å². The number of hydrogen-bond donors (Lipinski definition) is 1. The Kier molecular flexibility index (Phi) is 4.13. The fourth-order valence-corrected chi connectivity index (χ4v) is 2.21. The van der Waals surface area contributed by atoms with Gasteiger partial charge in [-0.1, -0.05) is 11.6 Å². The third-order valence-electron chi connectivity index (χ3n) is 3.03. The van der Waals surface area contributed by atoms with Crippen molar-refractivity contribution in [1.29, 1.82) is 0 Å². The van der Waals surface area contributed by atoms with Gasteiger partial charge in [-0.25, -0.2) is 0 Å². The van der Waals surface area contributed by atoms with Crippen molar-refractivity contribution >= 4 is 17.3 Å². The van der Waals surface area contributed by atoms with E-state index in [9.17, 15) is 0 Å². The van der Waals surface area contributed by atoms with E-state index in [1.807, 2.05) is 25.1 Å². The molecule has 94 valence electrons. The second kappa shape index (κ2) is 5.61. The van der Waals surface area contributed by atoms with Crippen molar-refractivity contribution < 1.29 is 9.47 Å². The topological polar surface area (TPSA) is 30.5 Å². The van der Waals surface area contributed by atoms with Gasteiger partial charge in [-0.3, -0.25) is 0 Å². The zero-order valence-corrected chi connectivity index (χ0v) is 11.0. The number of benzene rings is 1. The number of rotatable bonds is 5. The van der Waals surface area contributed by atoms with Crippen LogP contribution < -0.4 is 10.1 Å². The quantitative estimate of drug-likeness (QED) is 0.876. The average Bonchev–Trinajstić information content (AvgIpc) is 2.26. The molecule has 0 aliphatic heterocycles. The van der Waals surface area contributed by atoms with Gasteiger partial charge in [-0.05, 0) is 38.0 Å². The highest BCUT2D eigenvalue weighted by Gasteiger charge is 2.28. The first-order valence-electron chi connectivity index (χ1n) is 5.94. The van der Waals surface area contributed by atoms with Gasteiger partial charge in [0.1, 0.15) is 5.75 Å². The molecule has 1 aromatic carbocycles. The number of ether oxygens (including phenoxy) is 2. The predicted octanol–water partition coefficient (Wildman–Crippen LogP) is 3.33. The maximum atomic E-state index is 6.12. The standard InChI is InChI=1S/C13H18ClNO2/c1-3-17-13-5-4-9(8-12(13)14)15-10-6-11(7-10)16-2/h4-5,8,10-11,15H,3,6-7H2,1-2H3. The van der Waals surface area contributed by atoms with E-state index in [-0.39, 0.29) is 0 Å². The molecule has 3 nitrogen and oxygen atoms in total. The van der Waals surface area contributed by atoms with Crippen molar-refractivity contribution in [3.63, 3.8) is 0 Å². The van der Waals surface area contributed by atoms with Gasteiger partial charge in [0.2, 0.25) is 0 Å². The fourth-order valence-electron chi connectivity index (χ4n) is 1.97. The molecular weight excluding hydrogens is 238 g/mol. The highest BCUT2D eigenvalue weighted by atomic mass is 35.5. The summed E-state index contributed by atoms with van der Waals surface area (Å²) < 4.78 is 10.6. The Morgan fingerprint density at radius 2 is 2.18 bits per heavy atom. The summed E-state index contributed by atoms with van der Waals surface area (Å²) in [5.74, 6) is 0.739. The lowest BCUT2D eigenvalue weighted by molar-refractivity contribution is 0.0329. The van der Waals surface area contributed by atoms with Gasteiger partial charge in [0, 0.05) is 18.8 Å². The molecule has 0 aromatic heterocycles. The Morgan fingerprint density at radius 3 is 2.76 bits per heavy atom. The van der Waals surface area contributed by atoms with Crippen LogP contribution in [0.15, 0.2) is 18.2 Å². The van der Waals surface area contributed by atoms with Gasteiger partial charge in [0.15, 0.2) is 0 Å². The van der Waals surface area contributed by atoms with Crippen molar-refractivity contribution in [1.82, 2.24) is 0 Å². The third-order valence-corrected chi connectivity index (χ3v) is 3.33. The van der Waals surface area contributed by atoms with Gasteiger partial charge >= 0.3 is 0 Å². The normalized spacial score (nSPS) is 23.0. The molecule has 1 fully saturated rings. The summed E-state index contributed by atoms with van der Waals surface area (Å²) in [6, 6.07) is 6.30. The molecule has 2 rings (SSSR count). The van der Waals surface area contributed by atoms with E-state index >= 15 is 0 Å². The monoisotopic (exact) mass is 255 g/mol. The zero-order valence-electron chi connectivity index (χ0n) is 10.2. The van der Waals surface area contributed by atoms with Crippen molar-refractivity contribution in [3.05, 3.63) is 23.2 Å². The van der Waals surface area contributed by atoms with Gasteiger partial charge in [-0.15, -0.1) is 0 Å². The highest BCUT2D eigenvalue weighted by Crippen LogP contribution is 2.31. The summed E-state index contributed by atoms with van der Waals surface area (Å²) in [5, 5.41) is 4.09. The third kappa shape index (κ3) is 3.05. The fraction of sp³-hybridized carbons (Fsp3) is 0.538.